The summed E-state index contributed by atoms with van der Waals surface area (Å²) in [5.41, 5.74) is -0.313. The molecule has 28 heavy (non-hydrogen) atoms. The number of alkyl halides is 1. The first-order valence-corrected chi connectivity index (χ1v) is 9.16. The number of carbonyl (C=O) groups excluding carboxylic acids is 1. The number of nitrogens with zero attached hydrogens (tertiary/aromatic N) is 1. The average molecular weight is 421 g/mol. The molecule has 144 valence electrons. The fraction of sp³-hybridized carbons (Fsp3) is 0.143. The number of pyridine rings is 1. The van der Waals surface area contributed by atoms with E-state index in [4.69, 9.17) is 23.2 Å². The molecule has 0 aliphatic heterocycles. The Morgan fingerprint density at radius 2 is 1.82 bits per heavy atom. The minimum Gasteiger partial charge on any atom is -0.348 e. The number of hydrogen-bond acceptors (Lipinski definition) is 2. The van der Waals surface area contributed by atoms with E-state index in [0.717, 1.165) is 6.20 Å². The molecule has 0 spiro atoms. The van der Waals surface area contributed by atoms with E-state index in [2.05, 4.69) is 10.3 Å². The molecule has 0 saturated carbocycles. The van der Waals surface area contributed by atoms with Gasteiger partial charge in [-0.1, -0.05) is 47.5 Å². The Bertz CT molecular complexity index is 1020. The molecule has 7 heteroatoms. The molecule has 1 atom stereocenters. The second-order valence-electron chi connectivity index (χ2n) is 6.45. The highest BCUT2D eigenvalue weighted by atomic mass is 35.5. The second-order valence-corrected chi connectivity index (χ2v) is 7.26. The lowest BCUT2D eigenvalue weighted by atomic mass is 9.95. The number of hydrogen-bond donors (Lipinski definition) is 1. The molecule has 2 aromatic carbocycles. The van der Waals surface area contributed by atoms with Crippen molar-refractivity contribution < 1.29 is 13.6 Å². The fourth-order valence-corrected chi connectivity index (χ4v) is 3.37. The summed E-state index contributed by atoms with van der Waals surface area (Å²) in [6, 6.07) is 12.5. The summed E-state index contributed by atoms with van der Waals surface area (Å²) in [7, 11) is 0. The molecule has 0 bridgehead atoms. The Morgan fingerprint density at radius 3 is 2.50 bits per heavy atom. The topological polar surface area (TPSA) is 42.0 Å². The number of rotatable bonds is 5. The summed E-state index contributed by atoms with van der Waals surface area (Å²) in [4.78, 5) is 16.1. The van der Waals surface area contributed by atoms with Crippen molar-refractivity contribution in [1.29, 1.82) is 0 Å². The van der Waals surface area contributed by atoms with Gasteiger partial charge in [0.2, 0.25) is 0 Å². The maximum Gasteiger partial charge on any atom is 0.252 e. The molecule has 0 radical (unpaired) electrons. The van der Waals surface area contributed by atoms with Crippen LogP contribution in [0.25, 0.3) is 11.1 Å². The minimum atomic E-state index is -1.92. The summed E-state index contributed by atoms with van der Waals surface area (Å²) in [6.07, 6.45) is 2.59. The Labute approximate surface area is 171 Å². The number of aromatic nitrogens is 1. The van der Waals surface area contributed by atoms with Crippen molar-refractivity contribution in [2.24, 2.45) is 0 Å². The molecule has 0 aliphatic rings. The van der Waals surface area contributed by atoms with Crippen LogP contribution in [0.3, 0.4) is 0 Å². The number of nitrogens with one attached hydrogen (secondary N) is 1. The predicted octanol–water partition coefficient (Wildman–Crippen LogP) is 5.81. The minimum absolute atomic E-state index is 0.166. The van der Waals surface area contributed by atoms with Gasteiger partial charge >= 0.3 is 0 Å². The van der Waals surface area contributed by atoms with Crippen molar-refractivity contribution in [3.8, 4) is 11.1 Å². The molecule has 1 heterocycles. The number of halogens is 4. The maximum atomic E-state index is 15.3. The molecular weight excluding hydrogens is 405 g/mol. The van der Waals surface area contributed by atoms with E-state index in [1.807, 2.05) is 0 Å². The highest BCUT2D eigenvalue weighted by molar-refractivity contribution is 6.33. The number of benzene rings is 2. The molecule has 1 N–H and O–H groups in total. The van der Waals surface area contributed by atoms with Gasteiger partial charge in [-0.25, -0.2) is 8.78 Å². The van der Waals surface area contributed by atoms with Gasteiger partial charge in [0.1, 0.15) is 5.82 Å². The lowest BCUT2D eigenvalue weighted by Crippen LogP contribution is -2.36. The first-order chi connectivity index (χ1) is 13.3. The van der Waals surface area contributed by atoms with Crippen LogP contribution in [-0.2, 0) is 5.67 Å². The van der Waals surface area contributed by atoms with E-state index >= 15 is 4.39 Å². The van der Waals surface area contributed by atoms with Crippen molar-refractivity contribution in [2.75, 3.05) is 6.54 Å². The molecule has 3 rings (SSSR count). The Kier molecular flexibility index (Phi) is 5.96. The normalized spacial score (nSPS) is 13.0. The quantitative estimate of drug-likeness (QED) is 0.565. The van der Waals surface area contributed by atoms with E-state index in [9.17, 15) is 9.18 Å². The van der Waals surface area contributed by atoms with Crippen LogP contribution in [0, 0.1) is 5.82 Å². The molecule has 1 unspecified atom stereocenters. The molecule has 0 aliphatic carbocycles. The summed E-state index contributed by atoms with van der Waals surface area (Å²) >= 11 is 12.3. The number of carbonyl (C=O) groups is 1. The summed E-state index contributed by atoms with van der Waals surface area (Å²) in [6.45, 7) is 1.03. The van der Waals surface area contributed by atoms with Gasteiger partial charge in [-0.15, -0.1) is 0 Å². The molecule has 1 amide bonds. The van der Waals surface area contributed by atoms with Crippen molar-refractivity contribution >= 4 is 29.1 Å². The van der Waals surface area contributed by atoms with Gasteiger partial charge in [-0.2, -0.15) is 0 Å². The molecule has 3 nitrogen and oxygen atoms in total. The van der Waals surface area contributed by atoms with Crippen LogP contribution in [0.2, 0.25) is 10.0 Å². The average Bonchev–Trinajstić information content (AvgIpc) is 2.66. The fourth-order valence-electron chi connectivity index (χ4n) is 2.77. The van der Waals surface area contributed by atoms with Crippen LogP contribution < -0.4 is 5.32 Å². The molecule has 0 saturated heterocycles. The zero-order chi connectivity index (χ0) is 20.3. The van der Waals surface area contributed by atoms with Crippen LogP contribution in [0.1, 0.15) is 22.8 Å². The molecule has 0 fully saturated rings. The maximum absolute atomic E-state index is 15.3. The third kappa shape index (κ3) is 4.49. The van der Waals surface area contributed by atoms with Gasteiger partial charge in [0.25, 0.3) is 5.91 Å². The summed E-state index contributed by atoms with van der Waals surface area (Å²) < 4.78 is 28.6. The standard InChI is InChI=1S/C21H16Cl2F2N2O/c1-21(25,12-27-20(28)16-4-2-3-5-18(16)22)17-7-6-13(9-19(17)23)14-8-15(24)11-26-10-14/h2-11H,12H2,1H3,(H,27,28). The van der Waals surface area contributed by atoms with Gasteiger partial charge in [0.05, 0.1) is 23.3 Å². The van der Waals surface area contributed by atoms with Crippen LogP contribution in [-0.4, -0.2) is 17.4 Å². The van der Waals surface area contributed by atoms with Gasteiger partial charge in [0, 0.05) is 22.3 Å². The second kappa shape index (κ2) is 8.25. The van der Waals surface area contributed by atoms with Gasteiger partial charge in [0.15, 0.2) is 5.67 Å². The van der Waals surface area contributed by atoms with Crippen LogP contribution >= 0.6 is 23.2 Å². The summed E-state index contributed by atoms with van der Waals surface area (Å²) in [5.74, 6) is -0.955. The molecule has 3 aromatic rings. The zero-order valence-electron chi connectivity index (χ0n) is 14.8. The zero-order valence-corrected chi connectivity index (χ0v) is 16.4. The third-order valence-electron chi connectivity index (χ3n) is 4.27. The smallest absolute Gasteiger partial charge is 0.252 e. The van der Waals surface area contributed by atoms with E-state index in [1.165, 1.54) is 25.3 Å². The number of amides is 1. The van der Waals surface area contributed by atoms with Gasteiger partial charge in [-0.05, 0) is 36.8 Å². The monoisotopic (exact) mass is 420 g/mol. The SMILES string of the molecule is CC(F)(CNC(=O)c1ccccc1Cl)c1ccc(-c2cncc(F)c2)cc1Cl. The lowest BCUT2D eigenvalue weighted by Gasteiger charge is -2.23. The van der Waals surface area contributed by atoms with Crippen LogP contribution in [0.5, 0.6) is 0 Å². The largest absolute Gasteiger partial charge is 0.348 e. The first kappa shape index (κ1) is 20.2. The van der Waals surface area contributed by atoms with Crippen molar-refractivity contribution in [3.63, 3.8) is 0 Å². The predicted molar refractivity (Wildman–Crippen MR) is 107 cm³/mol. The van der Waals surface area contributed by atoms with Crippen molar-refractivity contribution in [2.45, 2.75) is 12.6 Å². The van der Waals surface area contributed by atoms with Crippen molar-refractivity contribution in [3.05, 3.63) is 87.9 Å². The lowest BCUT2D eigenvalue weighted by molar-refractivity contribution is 0.0910. The van der Waals surface area contributed by atoms with E-state index in [0.29, 0.717) is 11.1 Å². The highest BCUT2D eigenvalue weighted by Crippen LogP contribution is 2.34. The Morgan fingerprint density at radius 1 is 1.07 bits per heavy atom. The molecular formula is C21H16Cl2F2N2O. The third-order valence-corrected chi connectivity index (χ3v) is 4.91. The van der Waals surface area contributed by atoms with Crippen LogP contribution in [0.15, 0.2) is 60.9 Å². The Balaban J connectivity index is 1.78. The van der Waals surface area contributed by atoms with Gasteiger partial charge < -0.3 is 5.32 Å². The van der Waals surface area contributed by atoms with Gasteiger partial charge in [-0.3, -0.25) is 9.78 Å². The summed E-state index contributed by atoms with van der Waals surface area (Å²) in [5, 5.41) is 2.99. The highest BCUT2D eigenvalue weighted by Gasteiger charge is 2.29. The molecule has 1 aromatic heterocycles. The van der Waals surface area contributed by atoms with Crippen LogP contribution in [0.4, 0.5) is 8.78 Å². The van der Waals surface area contributed by atoms with E-state index in [-0.39, 0.29) is 27.7 Å². The van der Waals surface area contributed by atoms with E-state index < -0.39 is 17.4 Å². The Hall–Kier alpha value is -2.50. The van der Waals surface area contributed by atoms with Crippen molar-refractivity contribution in [1.82, 2.24) is 10.3 Å². The first-order valence-electron chi connectivity index (χ1n) is 8.40. The van der Waals surface area contributed by atoms with E-state index in [1.54, 1.807) is 36.4 Å².